The van der Waals surface area contributed by atoms with Crippen molar-refractivity contribution in [2.75, 3.05) is 6.54 Å². The molecule has 239 valence electrons. The van der Waals surface area contributed by atoms with Crippen molar-refractivity contribution >= 4 is 48.3 Å². The van der Waals surface area contributed by atoms with Gasteiger partial charge < -0.3 is 20.5 Å². The first-order chi connectivity index (χ1) is 21.6. The molecule has 1 heterocycles. The molecule has 45 heavy (non-hydrogen) atoms. The molecule has 2 saturated carbocycles. The number of nitrogens with one attached hydrogen (secondary N) is 2. The van der Waals surface area contributed by atoms with Gasteiger partial charge in [-0.3, -0.25) is 14.4 Å². The molecule has 8 nitrogen and oxygen atoms in total. The summed E-state index contributed by atoms with van der Waals surface area (Å²) in [6, 6.07) is 15.7. The molecule has 11 heteroatoms. The molecule has 5 rings (SSSR count). The Bertz CT molecular complexity index is 1390. The van der Waals surface area contributed by atoms with E-state index < -0.39 is 5.92 Å². The summed E-state index contributed by atoms with van der Waals surface area (Å²) in [5, 5.41) is 8.75. The lowest BCUT2D eigenvalue weighted by Gasteiger charge is -2.45. The quantitative estimate of drug-likeness (QED) is 0.155. The molecule has 0 aromatic heterocycles. The van der Waals surface area contributed by atoms with E-state index in [2.05, 4.69) is 16.6 Å². The Balaban J connectivity index is 1.23. The van der Waals surface area contributed by atoms with Gasteiger partial charge in [0.15, 0.2) is 0 Å². The van der Waals surface area contributed by atoms with E-state index in [1.165, 1.54) is 6.92 Å². The monoisotopic (exact) mass is 650 g/mol. The van der Waals surface area contributed by atoms with Crippen LogP contribution in [0.25, 0.3) is 0 Å². The third-order valence-corrected chi connectivity index (χ3v) is 9.81. The number of nitrogens with zero attached hydrogens (tertiary/aromatic N) is 2. The maximum Gasteiger partial charge on any atom is 0.249 e. The van der Waals surface area contributed by atoms with Crippen LogP contribution in [0.5, 0.6) is 0 Å². The van der Waals surface area contributed by atoms with E-state index in [0.29, 0.717) is 34.6 Å². The van der Waals surface area contributed by atoms with Gasteiger partial charge in [0.05, 0.1) is 6.04 Å². The van der Waals surface area contributed by atoms with Crippen LogP contribution in [-0.4, -0.2) is 47.6 Å². The number of hydrogen-bond donors (Lipinski definition) is 3. The second-order valence-corrected chi connectivity index (χ2v) is 13.8. The summed E-state index contributed by atoms with van der Waals surface area (Å²) in [5.74, 6) is 6.32. The first-order valence-electron chi connectivity index (χ1n) is 16.0. The molecule has 2 aromatic rings. The van der Waals surface area contributed by atoms with E-state index in [-0.39, 0.29) is 48.0 Å². The van der Waals surface area contributed by atoms with Crippen molar-refractivity contribution in [1.29, 1.82) is 0 Å². The number of hydrazine groups is 1. The molecule has 0 bridgehead atoms. The Kier molecular flexibility index (Phi) is 11.2. The van der Waals surface area contributed by atoms with Gasteiger partial charge in [-0.25, -0.2) is 5.84 Å². The number of hydrogen-bond acceptors (Lipinski definition) is 5. The lowest BCUT2D eigenvalue weighted by molar-refractivity contribution is -0.145. The van der Waals surface area contributed by atoms with Gasteiger partial charge >= 0.3 is 0 Å². The van der Waals surface area contributed by atoms with Crippen LogP contribution in [0.3, 0.4) is 0 Å². The fourth-order valence-electron chi connectivity index (χ4n) is 6.90. The third-order valence-electron chi connectivity index (χ3n) is 9.32. The van der Waals surface area contributed by atoms with E-state index in [9.17, 15) is 14.4 Å². The summed E-state index contributed by atoms with van der Waals surface area (Å²) in [5.41, 5.74) is 2.82. The van der Waals surface area contributed by atoms with Crippen LogP contribution in [0.2, 0.25) is 15.9 Å². The predicted molar refractivity (Wildman–Crippen MR) is 179 cm³/mol. The zero-order valence-electron chi connectivity index (χ0n) is 26.1. The minimum absolute atomic E-state index is 0.0130. The Labute approximate surface area is 277 Å². The van der Waals surface area contributed by atoms with Crippen LogP contribution in [-0.2, 0) is 14.4 Å². The average molecular weight is 651 g/mol. The molecule has 1 radical (unpaired) electrons. The van der Waals surface area contributed by atoms with E-state index in [0.717, 1.165) is 49.7 Å². The number of benzene rings is 2. The molecule has 3 amide bonds. The van der Waals surface area contributed by atoms with E-state index in [4.69, 9.17) is 29.0 Å². The van der Waals surface area contributed by atoms with E-state index in [1.807, 2.05) is 61.7 Å². The van der Waals surface area contributed by atoms with Gasteiger partial charge in [0.1, 0.15) is 0 Å². The fraction of sp³-hybridized carbons (Fsp3) is 0.500. The fourth-order valence-corrected chi connectivity index (χ4v) is 7.23. The zero-order chi connectivity index (χ0) is 32.1. The molecule has 2 aromatic carbocycles. The van der Waals surface area contributed by atoms with Gasteiger partial charge in [-0.15, -0.1) is 0 Å². The Morgan fingerprint density at radius 2 is 1.71 bits per heavy atom. The predicted octanol–water partition coefficient (Wildman–Crippen LogP) is 6.11. The molecular weight excluding hydrogens is 608 g/mol. The SMILES string of the molecule is CC(=O)N/C(C)=C/N(N)C1CCC([B]NC(=O)C[C@H]2C[C@H](c3cccc(Cl)c3)[C@@H](c3ccc(Cl)cc3)N(CC3CC3)C2=O)CC1. The summed E-state index contributed by atoms with van der Waals surface area (Å²) >= 11 is 12.7. The molecule has 3 atom stereocenters. The number of allylic oxidation sites excluding steroid dienone is 1. The van der Waals surface area contributed by atoms with Crippen molar-refractivity contribution in [2.45, 2.75) is 89.0 Å². The van der Waals surface area contributed by atoms with Crippen LogP contribution in [0, 0.1) is 11.8 Å². The van der Waals surface area contributed by atoms with Gasteiger partial charge in [0.2, 0.25) is 25.1 Å². The van der Waals surface area contributed by atoms with Crippen molar-refractivity contribution in [3.05, 3.63) is 81.6 Å². The van der Waals surface area contributed by atoms with Crippen molar-refractivity contribution < 1.29 is 14.4 Å². The highest BCUT2D eigenvalue weighted by Crippen LogP contribution is 2.48. The van der Waals surface area contributed by atoms with Crippen molar-refractivity contribution in [3.63, 3.8) is 0 Å². The Morgan fingerprint density at radius 1 is 1.00 bits per heavy atom. The second kappa shape index (κ2) is 15.1. The van der Waals surface area contributed by atoms with Crippen molar-refractivity contribution in [2.24, 2.45) is 17.7 Å². The van der Waals surface area contributed by atoms with Crippen LogP contribution in [0.4, 0.5) is 0 Å². The van der Waals surface area contributed by atoms with Crippen molar-refractivity contribution in [3.8, 4) is 0 Å². The highest BCUT2D eigenvalue weighted by molar-refractivity contribution is 6.39. The summed E-state index contributed by atoms with van der Waals surface area (Å²) in [7, 11) is 1.90. The number of carbonyl (C=O) groups excluding carboxylic acids is 3. The molecule has 3 aliphatic rings. The minimum atomic E-state index is -0.426. The molecule has 1 saturated heterocycles. The molecular formula is C34H43BCl2N5O3. The van der Waals surface area contributed by atoms with Crippen LogP contribution >= 0.6 is 23.2 Å². The van der Waals surface area contributed by atoms with E-state index >= 15 is 0 Å². The number of likely N-dealkylation sites (tertiary alicyclic amines) is 1. The summed E-state index contributed by atoms with van der Waals surface area (Å²) in [6.45, 7) is 3.97. The van der Waals surface area contributed by atoms with Crippen LogP contribution in [0.1, 0.15) is 88.3 Å². The number of piperidine rings is 1. The van der Waals surface area contributed by atoms with Gasteiger partial charge in [-0.1, -0.05) is 60.3 Å². The van der Waals surface area contributed by atoms with Gasteiger partial charge in [-0.05, 0) is 86.2 Å². The molecule has 4 N–H and O–H groups in total. The molecule has 3 fully saturated rings. The van der Waals surface area contributed by atoms with Crippen LogP contribution < -0.4 is 16.4 Å². The molecule has 1 aliphatic heterocycles. The lowest BCUT2D eigenvalue weighted by Crippen LogP contribution is -2.49. The normalized spacial score (nSPS) is 25.4. The number of amides is 3. The average Bonchev–Trinajstić information content (AvgIpc) is 3.82. The minimum Gasteiger partial charge on any atom is -0.403 e. The Hall–Kier alpha value is -3.01. The lowest BCUT2D eigenvalue weighted by atomic mass is 9.66. The smallest absolute Gasteiger partial charge is 0.249 e. The highest BCUT2D eigenvalue weighted by atomic mass is 35.5. The zero-order valence-corrected chi connectivity index (χ0v) is 27.6. The maximum absolute atomic E-state index is 14.1. The third kappa shape index (κ3) is 9.05. The molecule has 0 unspecified atom stereocenters. The number of rotatable bonds is 11. The van der Waals surface area contributed by atoms with Gasteiger partial charge in [-0.2, -0.15) is 0 Å². The molecule has 0 spiro atoms. The highest BCUT2D eigenvalue weighted by Gasteiger charge is 2.45. The van der Waals surface area contributed by atoms with Gasteiger partial charge in [0.25, 0.3) is 0 Å². The van der Waals surface area contributed by atoms with Crippen LogP contribution in [0.15, 0.2) is 60.4 Å². The molecule has 2 aliphatic carbocycles. The number of halogens is 2. The topological polar surface area (TPSA) is 108 Å². The largest absolute Gasteiger partial charge is 0.403 e. The first-order valence-corrected chi connectivity index (χ1v) is 16.8. The maximum atomic E-state index is 14.1. The summed E-state index contributed by atoms with van der Waals surface area (Å²) in [4.78, 5) is 40.7. The second-order valence-electron chi connectivity index (χ2n) is 13.0. The summed E-state index contributed by atoms with van der Waals surface area (Å²) < 4.78 is 0. The Morgan fingerprint density at radius 3 is 2.36 bits per heavy atom. The first kappa shape index (κ1) is 33.4. The van der Waals surface area contributed by atoms with Gasteiger partial charge in [0, 0.05) is 59.7 Å². The number of carbonyl (C=O) groups is 3. The number of nitrogens with two attached hydrogens (primary N) is 1. The summed E-state index contributed by atoms with van der Waals surface area (Å²) in [6.07, 6.45) is 8.24. The van der Waals surface area contributed by atoms with E-state index in [1.54, 1.807) is 11.2 Å². The standard InChI is InChI=1S/C34H43BCl2N5O3/c1-21(39-22(2)43)19-42(38)30-14-10-27(11-15-30)35-40-32(44)18-26-17-31(25-4-3-5-29(37)16-25)33(24-8-12-28(36)13-9-24)41(34(26)45)20-23-6-7-23/h3-5,8-9,12-13,16,19,23,26-27,30-31,33H,6-7,10-11,14-15,17-18,20,38H2,1-2H3,(H,39,43)(H,40,44)/b21-19+/t26-,27?,30?,31-,33-/m1/s1. The van der Waals surface area contributed by atoms with Crippen molar-refractivity contribution in [1.82, 2.24) is 20.5 Å².